The quantitative estimate of drug-likeness (QED) is 0.756. The second-order valence-corrected chi connectivity index (χ2v) is 4.21. The van der Waals surface area contributed by atoms with Crippen molar-refractivity contribution in [2.24, 2.45) is 5.92 Å². The first-order chi connectivity index (χ1) is 7.26. The van der Waals surface area contributed by atoms with Gasteiger partial charge in [0.2, 0.25) is 0 Å². The molecule has 1 heterocycles. The van der Waals surface area contributed by atoms with E-state index in [9.17, 15) is 0 Å². The number of methoxy groups -OCH3 is 1. The third-order valence-corrected chi connectivity index (χ3v) is 3.37. The van der Waals surface area contributed by atoms with E-state index in [4.69, 9.17) is 9.47 Å². The van der Waals surface area contributed by atoms with E-state index in [0.717, 1.165) is 18.1 Å². The summed E-state index contributed by atoms with van der Waals surface area (Å²) in [6.07, 6.45) is 1.19. The minimum absolute atomic E-state index is 0.552. The monoisotopic (exact) mass is 206 g/mol. The Morgan fingerprint density at radius 2 is 2.33 bits per heavy atom. The van der Waals surface area contributed by atoms with Gasteiger partial charge < -0.3 is 9.47 Å². The maximum Gasteiger partial charge on any atom is 0.126 e. The van der Waals surface area contributed by atoms with Crippen molar-refractivity contribution in [2.75, 3.05) is 13.7 Å². The van der Waals surface area contributed by atoms with Crippen molar-refractivity contribution in [1.82, 2.24) is 0 Å². The molecule has 2 rings (SSSR count). The van der Waals surface area contributed by atoms with Crippen LogP contribution in [0.4, 0.5) is 0 Å². The van der Waals surface area contributed by atoms with Gasteiger partial charge in [0.05, 0.1) is 13.7 Å². The highest BCUT2D eigenvalue weighted by Gasteiger charge is 2.28. The van der Waals surface area contributed by atoms with Crippen LogP contribution >= 0.6 is 0 Å². The summed E-state index contributed by atoms with van der Waals surface area (Å²) in [5.74, 6) is 3.11. The van der Waals surface area contributed by atoms with E-state index in [-0.39, 0.29) is 0 Å². The molecule has 0 saturated heterocycles. The Hall–Kier alpha value is -1.18. The van der Waals surface area contributed by atoms with E-state index in [1.54, 1.807) is 7.11 Å². The zero-order valence-electron chi connectivity index (χ0n) is 9.62. The predicted molar refractivity (Wildman–Crippen MR) is 60.7 cm³/mol. The second-order valence-electron chi connectivity index (χ2n) is 4.21. The van der Waals surface area contributed by atoms with Crippen molar-refractivity contribution >= 4 is 0 Å². The minimum Gasteiger partial charge on any atom is -0.497 e. The highest BCUT2D eigenvalue weighted by atomic mass is 16.5. The molecule has 2 atom stereocenters. The lowest BCUT2D eigenvalue weighted by molar-refractivity contribution is 0.293. The molecule has 0 amide bonds. The number of rotatable bonds is 3. The molecule has 1 aliphatic rings. The Balaban J connectivity index is 2.28. The largest absolute Gasteiger partial charge is 0.497 e. The Bertz CT molecular complexity index is 346. The van der Waals surface area contributed by atoms with Gasteiger partial charge in [-0.25, -0.2) is 0 Å². The first-order valence-corrected chi connectivity index (χ1v) is 5.57. The van der Waals surface area contributed by atoms with Crippen LogP contribution in [0.1, 0.15) is 31.7 Å². The molecule has 0 aliphatic carbocycles. The molecule has 0 aromatic heterocycles. The lowest BCUT2D eigenvalue weighted by Gasteiger charge is -2.15. The number of fused-ring (bicyclic) bond motifs is 1. The van der Waals surface area contributed by atoms with Crippen LogP contribution < -0.4 is 9.47 Å². The molecular weight excluding hydrogens is 188 g/mol. The predicted octanol–water partition coefficient (Wildman–Crippen LogP) is 3.22. The van der Waals surface area contributed by atoms with Crippen LogP contribution in [-0.4, -0.2) is 13.7 Å². The maximum absolute atomic E-state index is 5.70. The molecular formula is C13H18O2. The number of benzene rings is 1. The SMILES string of the molecule is CCC(C)C1COc2cc(OC)ccc21. The van der Waals surface area contributed by atoms with E-state index in [2.05, 4.69) is 19.9 Å². The number of hydrogen-bond donors (Lipinski definition) is 0. The highest BCUT2D eigenvalue weighted by Crippen LogP contribution is 2.40. The van der Waals surface area contributed by atoms with Crippen LogP contribution in [0, 0.1) is 5.92 Å². The zero-order valence-corrected chi connectivity index (χ0v) is 9.62. The molecule has 0 saturated carbocycles. The van der Waals surface area contributed by atoms with Crippen molar-refractivity contribution in [3.8, 4) is 11.5 Å². The van der Waals surface area contributed by atoms with Gasteiger partial charge in [0.25, 0.3) is 0 Å². The Morgan fingerprint density at radius 3 is 3.00 bits per heavy atom. The molecule has 0 bridgehead atoms. The molecule has 2 unspecified atom stereocenters. The fraction of sp³-hybridized carbons (Fsp3) is 0.538. The van der Waals surface area contributed by atoms with Gasteiger partial charge in [0.1, 0.15) is 11.5 Å². The summed E-state index contributed by atoms with van der Waals surface area (Å²) in [4.78, 5) is 0. The zero-order chi connectivity index (χ0) is 10.8. The third-order valence-electron chi connectivity index (χ3n) is 3.37. The van der Waals surface area contributed by atoms with Gasteiger partial charge in [-0.15, -0.1) is 0 Å². The first kappa shape index (κ1) is 10.3. The average molecular weight is 206 g/mol. The molecule has 0 N–H and O–H groups in total. The van der Waals surface area contributed by atoms with Crippen LogP contribution in [0.5, 0.6) is 11.5 Å². The normalized spacial score (nSPS) is 20.6. The molecule has 0 spiro atoms. The number of hydrogen-bond acceptors (Lipinski definition) is 2. The fourth-order valence-electron chi connectivity index (χ4n) is 2.10. The summed E-state index contributed by atoms with van der Waals surface area (Å²) in [6, 6.07) is 6.14. The van der Waals surface area contributed by atoms with Gasteiger partial charge in [-0.3, -0.25) is 0 Å². The van der Waals surface area contributed by atoms with Crippen molar-refractivity contribution in [1.29, 1.82) is 0 Å². The van der Waals surface area contributed by atoms with E-state index in [1.165, 1.54) is 12.0 Å². The van der Waals surface area contributed by atoms with E-state index >= 15 is 0 Å². The van der Waals surface area contributed by atoms with Crippen molar-refractivity contribution in [3.63, 3.8) is 0 Å². The molecule has 2 heteroatoms. The Kier molecular flexibility index (Phi) is 2.85. The lowest BCUT2D eigenvalue weighted by Crippen LogP contribution is -2.10. The summed E-state index contributed by atoms with van der Waals surface area (Å²) in [5.41, 5.74) is 1.34. The molecule has 0 fully saturated rings. The van der Waals surface area contributed by atoms with E-state index in [0.29, 0.717) is 11.8 Å². The highest BCUT2D eigenvalue weighted by molar-refractivity contribution is 5.45. The Labute approximate surface area is 91.2 Å². The number of ether oxygens (including phenoxy) is 2. The van der Waals surface area contributed by atoms with Gasteiger partial charge in [0, 0.05) is 17.5 Å². The lowest BCUT2D eigenvalue weighted by atomic mass is 9.87. The molecule has 0 radical (unpaired) electrons. The van der Waals surface area contributed by atoms with Crippen molar-refractivity contribution in [2.45, 2.75) is 26.2 Å². The minimum atomic E-state index is 0.552. The van der Waals surface area contributed by atoms with Crippen LogP contribution in [-0.2, 0) is 0 Å². The van der Waals surface area contributed by atoms with Gasteiger partial charge in [-0.05, 0) is 12.0 Å². The summed E-state index contributed by atoms with van der Waals surface area (Å²) >= 11 is 0. The molecule has 2 nitrogen and oxygen atoms in total. The van der Waals surface area contributed by atoms with Gasteiger partial charge in [-0.1, -0.05) is 26.3 Å². The van der Waals surface area contributed by atoms with Crippen molar-refractivity contribution in [3.05, 3.63) is 23.8 Å². The summed E-state index contributed by atoms with van der Waals surface area (Å²) in [6.45, 7) is 5.33. The topological polar surface area (TPSA) is 18.5 Å². The van der Waals surface area contributed by atoms with Crippen LogP contribution in [0.2, 0.25) is 0 Å². The van der Waals surface area contributed by atoms with E-state index < -0.39 is 0 Å². The average Bonchev–Trinajstić information content (AvgIpc) is 2.70. The molecule has 15 heavy (non-hydrogen) atoms. The van der Waals surface area contributed by atoms with Gasteiger partial charge in [0.15, 0.2) is 0 Å². The molecule has 1 aromatic carbocycles. The Morgan fingerprint density at radius 1 is 1.53 bits per heavy atom. The van der Waals surface area contributed by atoms with Crippen LogP contribution in [0.3, 0.4) is 0 Å². The fourth-order valence-corrected chi connectivity index (χ4v) is 2.10. The third kappa shape index (κ3) is 1.81. The molecule has 82 valence electrons. The van der Waals surface area contributed by atoms with Crippen LogP contribution in [0.15, 0.2) is 18.2 Å². The van der Waals surface area contributed by atoms with Gasteiger partial charge in [-0.2, -0.15) is 0 Å². The smallest absolute Gasteiger partial charge is 0.126 e. The second kappa shape index (κ2) is 4.13. The summed E-state index contributed by atoms with van der Waals surface area (Å²) in [7, 11) is 1.68. The first-order valence-electron chi connectivity index (χ1n) is 5.57. The summed E-state index contributed by atoms with van der Waals surface area (Å²) < 4.78 is 10.9. The molecule has 1 aliphatic heterocycles. The van der Waals surface area contributed by atoms with Crippen LogP contribution in [0.25, 0.3) is 0 Å². The van der Waals surface area contributed by atoms with Gasteiger partial charge >= 0.3 is 0 Å². The standard InChI is InChI=1S/C13H18O2/c1-4-9(2)12-8-15-13-7-10(14-3)5-6-11(12)13/h5-7,9,12H,4,8H2,1-3H3. The van der Waals surface area contributed by atoms with Crippen molar-refractivity contribution < 1.29 is 9.47 Å². The van der Waals surface area contributed by atoms with E-state index in [1.807, 2.05) is 12.1 Å². The molecule has 1 aromatic rings. The maximum atomic E-state index is 5.70. The summed E-state index contributed by atoms with van der Waals surface area (Å²) in [5, 5.41) is 0.